The largest absolute Gasteiger partial charge is 1.00 e. The van der Waals surface area contributed by atoms with Crippen LogP contribution in [0.2, 0.25) is 0 Å². The van der Waals surface area contributed by atoms with Gasteiger partial charge < -0.3 is 16.4 Å². The van der Waals surface area contributed by atoms with Crippen LogP contribution >= 0.6 is 0 Å². The predicted octanol–water partition coefficient (Wildman–Crippen LogP) is -2.93. The van der Waals surface area contributed by atoms with Crippen LogP contribution in [0, 0.1) is 0 Å². The third-order valence-electron chi connectivity index (χ3n) is 0.921. The zero-order valence-electron chi connectivity index (χ0n) is 7.95. The van der Waals surface area contributed by atoms with Crippen molar-refractivity contribution < 1.29 is 55.5 Å². The fraction of sp³-hybridized carbons (Fsp3) is 0.667. The van der Waals surface area contributed by atoms with E-state index in [1.54, 1.807) is 0 Å². The molecule has 2 N–H and O–H groups in total. The molecule has 0 radical (unpaired) electrons. The van der Waals surface area contributed by atoms with Gasteiger partial charge in [0, 0.05) is 0 Å². The first-order chi connectivity index (χ1) is 5.13. The SMILES string of the molecule is O=C(O)CCOCCC(=O)O.[H-].[Na+]. The van der Waals surface area contributed by atoms with Gasteiger partial charge >= 0.3 is 41.5 Å². The van der Waals surface area contributed by atoms with Crippen molar-refractivity contribution in [1.29, 1.82) is 0 Å². The van der Waals surface area contributed by atoms with E-state index in [0.717, 1.165) is 0 Å². The van der Waals surface area contributed by atoms with Gasteiger partial charge in [0.25, 0.3) is 0 Å². The summed E-state index contributed by atoms with van der Waals surface area (Å²) in [6, 6.07) is 0. The third kappa shape index (κ3) is 12.6. The summed E-state index contributed by atoms with van der Waals surface area (Å²) in [6.45, 7) is 0.144. The van der Waals surface area contributed by atoms with Gasteiger partial charge in [-0.15, -0.1) is 0 Å². The number of ether oxygens (including phenoxy) is 1. The van der Waals surface area contributed by atoms with Gasteiger partial charge in [-0.3, -0.25) is 9.59 Å². The first kappa shape index (κ1) is 14.4. The summed E-state index contributed by atoms with van der Waals surface area (Å²) in [5, 5.41) is 16.3. The van der Waals surface area contributed by atoms with Gasteiger partial charge in [-0.1, -0.05) is 0 Å². The Balaban J connectivity index is -0.000000500. The van der Waals surface area contributed by atoms with Crippen LogP contribution in [-0.4, -0.2) is 35.4 Å². The Bertz CT molecular complexity index is 136. The van der Waals surface area contributed by atoms with Gasteiger partial charge in [0.2, 0.25) is 0 Å². The van der Waals surface area contributed by atoms with E-state index in [1.807, 2.05) is 0 Å². The number of carboxylic acids is 2. The number of hydrogen-bond donors (Lipinski definition) is 2. The summed E-state index contributed by atoms with van der Waals surface area (Å²) in [4.78, 5) is 19.8. The zero-order chi connectivity index (χ0) is 8.69. The Morgan fingerprint density at radius 3 is 1.67 bits per heavy atom. The molecule has 0 aliphatic rings. The molecule has 0 saturated heterocycles. The van der Waals surface area contributed by atoms with Gasteiger partial charge in [0.15, 0.2) is 0 Å². The molecule has 12 heavy (non-hydrogen) atoms. The molecular weight excluding hydrogens is 175 g/mol. The van der Waals surface area contributed by atoms with Crippen molar-refractivity contribution in [2.45, 2.75) is 12.8 Å². The molecule has 0 heterocycles. The molecule has 0 fully saturated rings. The molecule has 0 spiro atoms. The molecule has 0 saturated carbocycles. The van der Waals surface area contributed by atoms with Crippen molar-refractivity contribution in [2.24, 2.45) is 0 Å². The van der Waals surface area contributed by atoms with Crippen molar-refractivity contribution in [1.82, 2.24) is 0 Å². The molecule has 0 atom stereocenters. The van der Waals surface area contributed by atoms with E-state index in [-0.39, 0.29) is 57.0 Å². The maximum atomic E-state index is 9.90. The fourth-order valence-electron chi connectivity index (χ4n) is 0.421. The Labute approximate surface area is 93.5 Å². The van der Waals surface area contributed by atoms with Crippen LogP contribution in [0.15, 0.2) is 0 Å². The summed E-state index contributed by atoms with van der Waals surface area (Å²) in [5.41, 5.74) is 0. The van der Waals surface area contributed by atoms with E-state index in [0.29, 0.717) is 0 Å². The van der Waals surface area contributed by atoms with Crippen LogP contribution in [0.4, 0.5) is 0 Å². The van der Waals surface area contributed by atoms with Gasteiger partial charge in [0.05, 0.1) is 26.1 Å². The van der Waals surface area contributed by atoms with E-state index in [2.05, 4.69) is 0 Å². The molecule has 66 valence electrons. The second kappa shape index (κ2) is 8.99. The van der Waals surface area contributed by atoms with Crippen molar-refractivity contribution >= 4 is 11.9 Å². The Hall–Kier alpha value is -0.100. The Kier molecular flexibility index (Phi) is 10.8. The topological polar surface area (TPSA) is 83.8 Å². The minimum absolute atomic E-state index is 0. The number of carboxylic acid groups (broad SMARTS) is 2. The average Bonchev–Trinajstić information content (AvgIpc) is 1.85. The summed E-state index contributed by atoms with van der Waals surface area (Å²) < 4.78 is 4.69. The van der Waals surface area contributed by atoms with E-state index >= 15 is 0 Å². The van der Waals surface area contributed by atoms with Crippen LogP contribution < -0.4 is 29.6 Å². The average molecular weight is 186 g/mol. The van der Waals surface area contributed by atoms with Gasteiger partial charge in [-0.25, -0.2) is 0 Å². The molecule has 0 bridgehead atoms. The summed E-state index contributed by atoms with van der Waals surface area (Å²) in [6.07, 6.45) is -0.167. The molecule has 0 amide bonds. The second-order valence-corrected chi connectivity index (χ2v) is 1.90. The van der Waals surface area contributed by atoms with Crippen molar-refractivity contribution in [3.8, 4) is 0 Å². The molecule has 0 rings (SSSR count). The predicted molar refractivity (Wildman–Crippen MR) is 36.4 cm³/mol. The smallest absolute Gasteiger partial charge is 1.00 e. The minimum Gasteiger partial charge on any atom is -1.00 e. The zero-order valence-corrected chi connectivity index (χ0v) is 8.95. The van der Waals surface area contributed by atoms with E-state index in [9.17, 15) is 9.59 Å². The van der Waals surface area contributed by atoms with E-state index in [1.165, 1.54) is 0 Å². The van der Waals surface area contributed by atoms with Crippen molar-refractivity contribution in [2.75, 3.05) is 13.2 Å². The van der Waals surface area contributed by atoms with Crippen LogP contribution in [0.3, 0.4) is 0 Å². The van der Waals surface area contributed by atoms with Crippen molar-refractivity contribution in [3.05, 3.63) is 0 Å². The Morgan fingerprint density at radius 1 is 1.08 bits per heavy atom. The van der Waals surface area contributed by atoms with Gasteiger partial charge in [-0.05, 0) is 0 Å². The molecule has 0 aliphatic carbocycles. The fourth-order valence-corrected chi connectivity index (χ4v) is 0.421. The molecule has 0 aromatic rings. The maximum absolute atomic E-state index is 9.90. The molecule has 0 aromatic carbocycles. The van der Waals surface area contributed by atoms with Gasteiger partial charge in [-0.2, -0.15) is 0 Å². The third-order valence-corrected chi connectivity index (χ3v) is 0.921. The second-order valence-electron chi connectivity index (χ2n) is 1.90. The first-order valence-corrected chi connectivity index (χ1v) is 3.14. The monoisotopic (exact) mass is 186 g/mol. The number of carbonyl (C=O) groups is 2. The normalized spacial score (nSPS) is 8.67. The summed E-state index contributed by atoms with van der Waals surface area (Å²) >= 11 is 0. The molecule has 5 nitrogen and oxygen atoms in total. The Morgan fingerprint density at radius 2 is 1.42 bits per heavy atom. The van der Waals surface area contributed by atoms with Crippen LogP contribution in [0.25, 0.3) is 0 Å². The summed E-state index contributed by atoms with van der Waals surface area (Å²) in [7, 11) is 0. The molecule has 6 heteroatoms. The summed E-state index contributed by atoms with van der Waals surface area (Å²) in [5.74, 6) is -1.89. The number of aliphatic carboxylic acids is 2. The van der Waals surface area contributed by atoms with Crippen LogP contribution in [0.1, 0.15) is 14.3 Å². The quantitative estimate of drug-likeness (QED) is 0.342. The number of hydrogen-bond acceptors (Lipinski definition) is 3. The number of rotatable bonds is 6. The molecule has 0 aliphatic heterocycles. The van der Waals surface area contributed by atoms with Crippen LogP contribution in [-0.2, 0) is 14.3 Å². The molecule has 0 aromatic heterocycles. The van der Waals surface area contributed by atoms with E-state index < -0.39 is 11.9 Å². The molecule has 0 unspecified atom stereocenters. The van der Waals surface area contributed by atoms with Crippen LogP contribution in [0.5, 0.6) is 0 Å². The van der Waals surface area contributed by atoms with Gasteiger partial charge in [0.1, 0.15) is 0 Å². The maximum Gasteiger partial charge on any atom is 1.00 e. The van der Waals surface area contributed by atoms with Crippen molar-refractivity contribution in [3.63, 3.8) is 0 Å². The standard InChI is InChI=1S/C6H10O5.Na.H/c7-5(8)1-3-11-4-2-6(9)10;;/h1-4H2,(H,7,8)(H,9,10);;/q;+1;-1. The van der Waals surface area contributed by atoms with E-state index in [4.69, 9.17) is 14.9 Å². The first-order valence-electron chi connectivity index (χ1n) is 3.14. The molecular formula is C6H11NaO5. The minimum atomic E-state index is -0.944.